The molecule has 0 aliphatic carbocycles. The first-order chi connectivity index (χ1) is 11.7. The summed E-state index contributed by atoms with van der Waals surface area (Å²) in [6.45, 7) is 0. The number of rotatable bonds is 7. The van der Waals surface area contributed by atoms with Crippen LogP contribution in [0.2, 0.25) is 0 Å². The number of thioether (sulfide) groups is 2. The maximum Gasteiger partial charge on any atom is 0.208 e. The van der Waals surface area contributed by atoms with Crippen molar-refractivity contribution < 1.29 is 9.13 Å². The second-order valence-electron chi connectivity index (χ2n) is 4.85. The Labute approximate surface area is 148 Å². The number of hydrogen-bond donors (Lipinski definition) is 1. The van der Waals surface area contributed by atoms with Gasteiger partial charge < -0.3 is 4.74 Å². The van der Waals surface area contributed by atoms with E-state index in [1.54, 1.807) is 42.8 Å². The van der Waals surface area contributed by atoms with E-state index in [9.17, 15) is 4.39 Å². The van der Waals surface area contributed by atoms with Gasteiger partial charge in [-0.05, 0) is 48.5 Å². The molecule has 0 atom stereocenters. The average molecular weight is 361 g/mol. The minimum Gasteiger partial charge on any atom is -0.497 e. The monoisotopic (exact) mass is 361 g/mol. The Hall–Kier alpha value is -1.99. The zero-order valence-electron chi connectivity index (χ0n) is 13.0. The van der Waals surface area contributed by atoms with E-state index >= 15 is 0 Å². The molecule has 24 heavy (non-hydrogen) atoms. The lowest BCUT2D eigenvalue weighted by Crippen LogP contribution is -1.86. The van der Waals surface area contributed by atoms with Gasteiger partial charge in [-0.2, -0.15) is 0 Å². The first kappa shape index (κ1) is 16.9. The van der Waals surface area contributed by atoms with E-state index in [1.807, 2.05) is 24.3 Å². The van der Waals surface area contributed by atoms with E-state index in [4.69, 9.17) is 4.74 Å². The quantitative estimate of drug-likeness (QED) is 0.496. The van der Waals surface area contributed by atoms with Gasteiger partial charge in [-0.25, -0.2) is 9.37 Å². The van der Waals surface area contributed by atoms with Crippen LogP contribution < -0.4 is 4.74 Å². The molecule has 0 bridgehead atoms. The van der Waals surface area contributed by atoms with Crippen LogP contribution in [0.1, 0.15) is 0 Å². The summed E-state index contributed by atoms with van der Waals surface area (Å²) < 4.78 is 18.0. The smallest absolute Gasteiger partial charge is 0.208 e. The molecule has 3 rings (SSSR count). The third kappa shape index (κ3) is 4.52. The number of ether oxygens (including phenoxy) is 1. The number of nitrogens with zero attached hydrogens (tertiary/aromatic N) is 2. The van der Waals surface area contributed by atoms with E-state index in [0.717, 1.165) is 38.7 Å². The molecular weight excluding hydrogens is 345 g/mol. The molecule has 1 heterocycles. The van der Waals surface area contributed by atoms with E-state index in [2.05, 4.69) is 15.2 Å². The van der Waals surface area contributed by atoms with E-state index < -0.39 is 0 Å². The normalized spacial score (nSPS) is 10.8. The molecule has 0 unspecified atom stereocenters. The lowest BCUT2D eigenvalue weighted by atomic mass is 10.2. The SMILES string of the molecule is COc1ccc(-c2nc(SCCSc3ccc(F)cc3)n[nH]2)cc1. The minimum absolute atomic E-state index is 0.208. The van der Waals surface area contributed by atoms with Gasteiger partial charge in [-0.1, -0.05) is 11.8 Å². The van der Waals surface area contributed by atoms with Gasteiger partial charge in [0.15, 0.2) is 5.82 Å². The number of aromatic amines is 1. The van der Waals surface area contributed by atoms with Crippen molar-refractivity contribution in [3.63, 3.8) is 0 Å². The van der Waals surface area contributed by atoms with Crippen molar-refractivity contribution in [1.82, 2.24) is 15.2 Å². The highest BCUT2D eigenvalue weighted by molar-refractivity contribution is 8.02. The largest absolute Gasteiger partial charge is 0.497 e. The van der Waals surface area contributed by atoms with Crippen molar-refractivity contribution in [3.8, 4) is 17.1 Å². The summed E-state index contributed by atoms with van der Waals surface area (Å²) in [4.78, 5) is 5.55. The van der Waals surface area contributed by atoms with E-state index in [-0.39, 0.29) is 5.82 Å². The predicted molar refractivity (Wildman–Crippen MR) is 96.2 cm³/mol. The van der Waals surface area contributed by atoms with Gasteiger partial charge in [0.05, 0.1) is 7.11 Å². The van der Waals surface area contributed by atoms with Gasteiger partial charge in [0.2, 0.25) is 5.16 Å². The molecule has 0 saturated carbocycles. The van der Waals surface area contributed by atoms with Crippen LogP contribution in [0, 0.1) is 5.82 Å². The highest BCUT2D eigenvalue weighted by atomic mass is 32.2. The molecule has 1 aromatic heterocycles. The summed E-state index contributed by atoms with van der Waals surface area (Å²) in [6, 6.07) is 14.2. The van der Waals surface area contributed by atoms with Gasteiger partial charge in [-0.15, -0.1) is 16.9 Å². The summed E-state index contributed by atoms with van der Waals surface area (Å²) in [5.74, 6) is 3.13. The van der Waals surface area contributed by atoms with Crippen LogP contribution in [0.15, 0.2) is 58.6 Å². The fourth-order valence-corrected chi connectivity index (χ4v) is 3.69. The number of halogens is 1. The zero-order chi connectivity index (χ0) is 16.8. The molecule has 3 aromatic rings. The maximum atomic E-state index is 12.8. The summed E-state index contributed by atoms with van der Waals surface area (Å²) in [6.07, 6.45) is 0. The van der Waals surface area contributed by atoms with Gasteiger partial charge in [0.25, 0.3) is 0 Å². The third-order valence-corrected chi connectivity index (χ3v) is 5.35. The lowest BCUT2D eigenvalue weighted by molar-refractivity contribution is 0.415. The van der Waals surface area contributed by atoms with Crippen LogP contribution in [0.3, 0.4) is 0 Å². The maximum absolute atomic E-state index is 12.8. The number of aromatic nitrogens is 3. The number of benzene rings is 2. The van der Waals surface area contributed by atoms with Crippen molar-refractivity contribution in [3.05, 3.63) is 54.3 Å². The highest BCUT2D eigenvalue weighted by Gasteiger charge is 2.06. The van der Waals surface area contributed by atoms with Crippen LogP contribution in [0.25, 0.3) is 11.4 Å². The van der Waals surface area contributed by atoms with Crippen molar-refractivity contribution in [2.24, 2.45) is 0 Å². The summed E-state index contributed by atoms with van der Waals surface area (Å²) >= 11 is 3.28. The average Bonchev–Trinajstić information content (AvgIpc) is 3.09. The van der Waals surface area contributed by atoms with Crippen molar-refractivity contribution in [1.29, 1.82) is 0 Å². The summed E-state index contributed by atoms with van der Waals surface area (Å²) in [7, 11) is 1.64. The number of hydrogen-bond acceptors (Lipinski definition) is 5. The zero-order valence-corrected chi connectivity index (χ0v) is 14.7. The van der Waals surface area contributed by atoms with E-state index in [1.165, 1.54) is 12.1 Å². The molecule has 0 aliphatic heterocycles. The van der Waals surface area contributed by atoms with Crippen LogP contribution in [-0.4, -0.2) is 33.8 Å². The second-order valence-corrected chi connectivity index (χ2v) is 7.08. The van der Waals surface area contributed by atoms with Crippen LogP contribution in [-0.2, 0) is 0 Å². The first-order valence-corrected chi connectivity index (χ1v) is 9.30. The Morgan fingerprint density at radius 3 is 2.42 bits per heavy atom. The highest BCUT2D eigenvalue weighted by Crippen LogP contribution is 2.24. The van der Waals surface area contributed by atoms with Gasteiger partial charge in [0.1, 0.15) is 11.6 Å². The molecule has 0 spiro atoms. The first-order valence-electron chi connectivity index (χ1n) is 7.32. The fraction of sp³-hybridized carbons (Fsp3) is 0.176. The number of methoxy groups -OCH3 is 1. The molecule has 0 amide bonds. The molecule has 0 radical (unpaired) electrons. The van der Waals surface area contributed by atoms with Crippen LogP contribution in [0.4, 0.5) is 4.39 Å². The van der Waals surface area contributed by atoms with Gasteiger partial charge >= 0.3 is 0 Å². The molecule has 0 fully saturated rings. The lowest BCUT2D eigenvalue weighted by Gasteiger charge is -2.00. The second kappa shape index (κ2) is 8.21. The number of H-pyrrole nitrogens is 1. The fourth-order valence-electron chi connectivity index (χ4n) is 2.01. The molecular formula is C17H16FN3OS2. The molecule has 4 nitrogen and oxygen atoms in total. The number of nitrogens with one attached hydrogen (secondary N) is 1. The Bertz CT molecular complexity index is 775. The molecule has 1 N–H and O–H groups in total. The van der Waals surface area contributed by atoms with Crippen LogP contribution in [0.5, 0.6) is 5.75 Å². The summed E-state index contributed by atoms with van der Waals surface area (Å²) in [5.41, 5.74) is 0.968. The van der Waals surface area contributed by atoms with Gasteiger partial charge in [0, 0.05) is 22.0 Å². The predicted octanol–water partition coefficient (Wildman–Crippen LogP) is 4.50. The Morgan fingerprint density at radius 2 is 1.71 bits per heavy atom. The Morgan fingerprint density at radius 1 is 1.00 bits per heavy atom. The molecule has 0 aliphatic rings. The molecule has 124 valence electrons. The Balaban J connectivity index is 1.49. The molecule has 2 aromatic carbocycles. The van der Waals surface area contributed by atoms with Crippen molar-refractivity contribution in [2.45, 2.75) is 10.1 Å². The topological polar surface area (TPSA) is 50.8 Å². The van der Waals surface area contributed by atoms with Crippen molar-refractivity contribution in [2.75, 3.05) is 18.6 Å². The van der Waals surface area contributed by atoms with E-state index in [0.29, 0.717) is 0 Å². The molecule has 7 heteroatoms. The standard InChI is InChI=1S/C17H16FN3OS2/c1-22-14-6-2-12(3-7-14)16-19-17(21-20-16)24-11-10-23-15-8-4-13(18)5-9-15/h2-9H,10-11H2,1H3,(H,19,20,21). The minimum atomic E-state index is -0.208. The Kier molecular flexibility index (Phi) is 5.77. The summed E-state index contributed by atoms with van der Waals surface area (Å²) in [5, 5.41) is 7.90. The van der Waals surface area contributed by atoms with Gasteiger partial charge in [-0.3, -0.25) is 5.10 Å². The van der Waals surface area contributed by atoms with Crippen LogP contribution >= 0.6 is 23.5 Å². The molecule has 0 saturated heterocycles. The third-order valence-electron chi connectivity index (χ3n) is 3.23. The van der Waals surface area contributed by atoms with Crippen molar-refractivity contribution >= 4 is 23.5 Å².